The van der Waals surface area contributed by atoms with E-state index in [1.165, 1.54) is 19.2 Å². The standard InChI is InChI=1S/C19H23FN2O4S/c1-13(15-5-7-16(20)8-6-15)21-19(23)14(2)26-18-11-9-17(10-12-18)22(3)27(4,24)25/h5-14H,1-4H3,(H,21,23)/t13-,14+/m0/s1. The lowest BCUT2D eigenvalue weighted by atomic mass is 10.1. The summed E-state index contributed by atoms with van der Waals surface area (Å²) >= 11 is 0. The number of rotatable bonds is 7. The molecule has 0 bridgehead atoms. The first-order chi connectivity index (χ1) is 12.6. The van der Waals surface area contributed by atoms with E-state index in [4.69, 9.17) is 4.74 Å². The van der Waals surface area contributed by atoms with Crippen molar-refractivity contribution in [2.75, 3.05) is 17.6 Å². The summed E-state index contributed by atoms with van der Waals surface area (Å²) in [7, 11) is -1.89. The number of carbonyl (C=O) groups excluding carboxylic acids is 1. The number of ether oxygens (including phenoxy) is 1. The summed E-state index contributed by atoms with van der Waals surface area (Å²) in [6, 6.07) is 12.0. The molecule has 2 aromatic carbocycles. The zero-order valence-electron chi connectivity index (χ0n) is 15.6. The van der Waals surface area contributed by atoms with Gasteiger partial charge < -0.3 is 10.1 Å². The third-order valence-electron chi connectivity index (χ3n) is 4.11. The van der Waals surface area contributed by atoms with E-state index in [9.17, 15) is 17.6 Å². The van der Waals surface area contributed by atoms with E-state index < -0.39 is 16.1 Å². The monoisotopic (exact) mass is 394 g/mol. The normalized spacial score (nSPS) is 13.5. The largest absolute Gasteiger partial charge is 0.481 e. The topological polar surface area (TPSA) is 75.7 Å². The van der Waals surface area contributed by atoms with Crippen LogP contribution in [0.1, 0.15) is 25.5 Å². The van der Waals surface area contributed by atoms with Crippen molar-refractivity contribution in [3.63, 3.8) is 0 Å². The highest BCUT2D eigenvalue weighted by Crippen LogP contribution is 2.21. The van der Waals surface area contributed by atoms with Gasteiger partial charge in [0, 0.05) is 7.05 Å². The van der Waals surface area contributed by atoms with E-state index in [0.29, 0.717) is 11.4 Å². The Morgan fingerprint density at radius 1 is 1.07 bits per heavy atom. The number of benzene rings is 2. The molecule has 0 aliphatic carbocycles. The molecule has 0 spiro atoms. The summed E-state index contributed by atoms with van der Waals surface area (Å²) in [6.45, 7) is 3.41. The number of carbonyl (C=O) groups is 1. The smallest absolute Gasteiger partial charge is 0.261 e. The minimum Gasteiger partial charge on any atom is -0.481 e. The fourth-order valence-electron chi connectivity index (χ4n) is 2.35. The molecular weight excluding hydrogens is 371 g/mol. The van der Waals surface area contributed by atoms with Gasteiger partial charge in [0.25, 0.3) is 5.91 Å². The molecule has 1 amide bonds. The van der Waals surface area contributed by atoms with Crippen LogP contribution in [0, 0.1) is 5.82 Å². The van der Waals surface area contributed by atoms with E-state index in [1.54, 1.807) is 50.2 Å². The number of halogens is 1. The first-order valence-electron chi connectivity index (χ1n) is 8.34. The van der Waals surface area contributed by atoms with Gasteiger partial charge in [-0.25, -0.2) is 12.8 Å². The van der Waals surface area contributed by atoms with Crippen LogP contribution in [-0.2, 0) is 14.8 Å². The van der Waals surface area contributed by atoms with Crippen LogP contribution >= 0.6 is 0 Å². The van der Waals surface area contributed by atoms with E-state index in [-0.39, 0.29) is 17.8 Å². The molecule has 0 aliphatic heterocycles. The van der Waals surface area contributed by atoms with Crippen molar-refractivity contribution in [3.8, 4) is 5.75 Å². The van der Waals surface area contributed by atoms with Gasteiger partial charge in [0.15, 0.2) is 6.10 Å². The van der Waals surface area contributed by atoms with Gasteiger partial charge in [0.1, 0.15) is 11.6 Å². The molecule has 1 N–H and O–H groups in total. The van der Waals surface area contributed by atoms with Crippen molar-refractivity contribution in [2.24, 2.45) is 0 Å². The molecule has 6 nitrogen and oxygen atoms in total. The average molecular weight is 394 g/mol. The molecular formula is C19H23FN2O4S. The Morgan fingerprint density at radius 3 is 2.15 bits per heavy atom. The Bertz CT molecular complexity index is 883. The summed E-state index contributed by atoms with van der Waals surface area (Å²) < 4.78 is 42.8. The number of hydrogen-bond acceptors (Lipinski definition) is 4. The molecule has 146 valence electrons. The molecule has 0 aliphatic rings. The van der Waals surface area contributed by atoms with Gasteiger partial charge in [-0.15, -0.1) is 0 Å². The van der Waals surface area contributed by atoms with Crippen molar-refractivity contribution in [1.82, 2.24) is 5.32 Å². The molecule has 0 saturated carbocycles. The third-order valence-corrected chi connectivity index (χ3v) is 5.31. The van der Waals surface area contributed by atoms with Crippen molar-refractivity contribution < 1.29 is 22.3 Å². The summed E-state index contributed by atoms with van der Waals surface area (Å²) in [5.74, 6) is -0.208. The lowest BCUT2D eigenvalue weighted by Gasteiger charge is -2.20. The van der Waals surface area contributed by atoms with Gasteiger partial charge in [-0.2, -0.15) is 0 Å². The molecule has 2 aromatic rings. The lowest BCUT2D eigenvalue weighted by Crippen LogP contribution is -2.37. The number of hydrogen-bond donors (Lipinski definition) is 1. The summed E-state index contributed by atoms with van der Waals surface area (Å²) in [4.78, 5) is 12.3. The van der Waals surface area contributed by atoms with E-state index >= 15 is 0 Å². The van der Waals surface area contributed by atoms with Crippen LogP contribution < -0.4 is 14.4 Å². The molecule has 0 heterocycles. The molecule has 27 heavy (non-hydrogen) atoms. The second-order valence-corrected chi connectivity index (χ2v) is 8.28. The van der Waals surface area contributed by atoms with Crippen LogP contribution in [0.4, 0.5) is 10.1 Å². The van der Waals surface area contributed by atoms with Crippen LogP contribution in [0.3, 0.4) is 0 Å². The predicted molar refractivity (Wildman–Crippen MR) is 103 cm³/mol. The van der Waals surface area contributed by atoms with Gasteiger partial charge >= 0.3 is 0 Å². The SMILES string of the molecule is C[C@H](NC(=O)[C@@H](C)Oc1ccc(N(C)S(C)(=O)=O)cc1)c1ccc(F)cc1. The average Bonchev–Trinajstić information content (AvgIpc) is 2.61. The van der Waals surface area contributed by atoms with E-state index in [1.807, 2.05) is 0 Å². The Kier molecular flexibility index (Phi) is 6.43. The molecule has 2 atom stereocenters. The Balaban J connectivity index is 1.96. The van der Waals surface area contributed by atoms with Gasteiger partial charge in [0.05, 0.1) is 18.0 Å². The Hall–Kier alpha value is -2.61. The highest BCUT2D eigenvalue weighted by molar-refractivity contribution is 7.92. The summed E-state index contributed by atoms with van der Waals surface area (Å²) in [5, 5.41) is 2.81. The molecule has 0 aromatic heterocycles. The highest BCUT2D eigenvalue weighted by Gasteiger charge is 2.18. The number of sulfonamides is 1. The second kappa shape index (κ2) is 8.39. The molecule has 0 fully saturated rings. The molecule has 0 unspecified atom stereocenters. The van der Waals surface area contributed by atoms with Crippen molar-refractivity contribution in [1.29, 1.82) is 0 Å². The first-order valence-corrected chi connectivity index (χ1v) is 10.2. The van der Waals surface area contributed by atoms with Gasteiger partial charge in [-0.05, 0) is 55.8 Å². The number of anilines is 1. The Labute approximate surface area is 159 Å². The first kappa shape index (κ1) is 20.7. The van der Waals surface area contributed by atoms with Crippen molar-refractivity contribution in [2.45, 2.75) is 26.0 Å². The molecule has 0 radical (unpaired) electrons. The zero-order valence-corrected chi connectivity index (χ0v) is 16.5. The van der Waals surface area contributed by atoms with Gasteiger partial charge in [0.2, 0.25) is 10.0 Å². The van der Waals surface area contributed by atoms with Crippen LogP contribution in [-0.4, -0.2) is 33.7 Å². The maximum absolute atomic E-state index is 13.0. The zero-order chi connectivity index (χ0) is 20.2. The number of amides is 1. The van der Waals surface area contributed by atoms with Crippen LogP contribution in [0.5, 0.6) is 5.75 Å². The summed E-state index contributed by atoms with van der Waals surface area (Å²) in [6.07, 6.45) is 0.359. The van der Waals surface area contributed by atoms with E-state index in [0.717, 1.165) is 16.1 Å². The molecule has 2 rings (SSSR count). The predicted octanol–water partition coefficient (Wildman–Crippen LogP) is 2.87. The number of nitrogens with zero attached hydrogens (tertiary/aromatic N) is 1. The minimum atomic E-state index is -3.34. The van der Waals surface area contributed by atoms with Crippen molar-refractivity contribution in [3.05, 3.63) is 59.9 Å². The summed E-state index contributed by atoms with van der Waals surface area (Å²) in [5.41, 5.74) is 1.28. The third kappa shape index (κ3) is 5.68. The van der Waals surface area contributed by atoms with Crippen LogP contribution in [0.15, 0.2) is 48.5 Å². The molecule has 0 saturated heterocycles. The fourth-order valence-corrected chi connectivity index (χ4v) is 2.85. The fraction of sp³-hybridized carbons (Fsp3) is 0.316. The van der Waals surface area contributed by atoms with Crippen molar-refractivity contribution >= 4 is 21.6 Å². The maximum atomic E-state index is 13.0. The van der Waals surface area contributed by atoms with Crippen LogP contribution in [0.25, 0.3) is 0 Å². The quantitative estimate of drug-likeness (QED) is 0.784. The van der Waals surface area contributed by atoms with Gasteiger partial charge in [-0.1, -0.05) is 12.1 Å². The van der Waals surface area contributed by atoms with Gasteiger partial charge in [-0.3, -0.25) is 9.10 Å². The highest BCUT2D eigenvalue weighted by atomic mass is 32.2. The van der Waals surface area contributed by atoms with E-state index in [2.05, 4.69) is 5.32 Å². The minimum absolute atomic E-state index is 0.296. The lowest BCUT2D eigenvalue weighted by molar-refractivity contribution is -0.127. The molecule has 8 heteroatoms. The number of nitrogens with one attached hydrogen (secondary N) is 1. The maximum Gasteiger partial charge on any atom is 0.261 e. The Morgan fingerprint density at radius 2 is 1.63 bits per heavy atom. The second-order valence-electron chi connectivity index (χ2n) is 6.27. The van der Waals surface area contributed by atoms with Crippen LogP contribution in [0.2, 0.25) is 0 Å².